The summed E-state index contributed by atoms with van der Waals surface area (Å²) >= 11 is 5.86. The van der Waals surface area contributed by atoms with Crippen LogP contribution in [0, 0.1) is 6.92 Å². The molecule has 1 aromatic carbocycles. The lowest BCUT2D eigenvalue weighted by molar-refractivity contribution is 0.102. The summed E-state index contributed by atoms with van der Waals surface area (Å²) in [4.78, 5) is 23.6. The molecule has 0 spiro atoms. The predicted molar refractivity (Wildman–Crippen MR) is 99.0 cm³/mol. The van der Waals surface area contributed by atoms with Crippen LogP contribution >= 0.6 is 11.6 Å². The van der Waals surface area contributed by atoms with E-state index in [1.807, 2.05) is 6.92 Å². The molecule has 2 aromatic rings. The fourth-order valence-corrected chi connectivity index (χ4v) is 2.52. The maximum atomic E-state index is 12.5. The highest BCUT2D eigenvalue weighted by atomic mass is 35.5. The molecule has 2 rings (SSSR count). The second-order valence-corrected chi connectivity index (χ2v) is 6.08. The Labute approximate surface area is 148 Å². The summed E-state index contributed by atoms with van der Waals surface area (Å²) in [6.45, 7) is 7.85. The molecule has 0 atom stereocenters. The lowest BCUT2D eigenvalue weighted by Gasteiger charge is -2.22. The van der Waals surface area contributed by atoms with Gasteiger partial charge in [-0.3, -0.25) is 4.79 Å². The van der Waals surface area contributed by atoms with Gasteiger partial charge in [-0.15, -0.1) is 0 Å². The standard InChI is InChI=1S/C18H23ClN4O/c1-4-10-23(11-5-2)18-20-13(3)12-16(22-18)17(24)21-15-8-6-14(19)7-9-15/h6-9,12H,4-5,10-11H2,1-3H3,(H,21,24). The van der Waals surface area contributed by atoms with Crippen LogP contribution in [0.3, 0.4) is 0 Å². The average molecular weight is 347 g/mol. The third kappa shape index (κ3) is 4.93. The second-order valence-electron chi connectivity index (χ2n) is 5.64. The minimum absolute atomic E-state index is 0.253. The summed E-state index contributed by atoms with van der Waals surface area (Å²) in [7, 11) is 0. The maximum absolute atomic E-state index is 12.5. The number of hydrogen-bond donors (Lipinski definition) is 1. The van der Waals surface area contributed by atoms with Gasteiger partial charge < -0.3 is 10.2 Å². The third-order valence-corrected chi connectivity index (χ3v) is 3.70. The first-order valence-corrected chi connectivity index (χ1v) is 8.58. The zero-order valence-electron chi connectivity index (χ0n) is 14.3. The SMILES string of the molecule is CCCN(CCC)c1nc(C)cc(C(=O)Nc2ccc(Cl)cc2)n1. The van der Waals surface area contributed by atoms with Gasteiger partial charge in [0, 0.05) is 29.5 Å². The van der Waals surface area contributed by atoms with Crippen molar-refractivity contribution in [2.45, 2.75) is 33.6 Å². The van der Waals surface area contributed by atoms with Crippen molar-refractivity contribution in [3.8, 4) is 0 Å². The zero-order chi connectivity index (χ0) is 17.5. The van der Waals surface area contributed by atoms with Crippen LogP contribution in [0.4, 0.5) is 11.6 Å². The van der Waals surface area contributed by atoms with Gasteiger partial charge in [0.25, 0.3) is 5.91 Å². The number of rotatable bonds is 7. The number of halogens is 1. The number of carbonyl (C=O) groups is 1. The van der Waals surface area contributed by atoms with Gasteiger partial charge in [0.2, 0.25) is 5.95 Å². The van der Waals surface area contributed by atoms with E-state index in [0.29, 0.717) is 22.4 Å². The molecule has 1 N–H and O–H groups in total. The molecule has 6 heteroatoms. The van der Waals surface area contributed by atoms with E-state index in [4.69, 9.17) is 11.6 Å². The average Bonchev–Trinajstić information content (AvgIpc) is 2.56. The zero-order valence-corrected chi connectivity index (χ0v) is 15.1. The van der Waals surface area contributed by atoms with Crippen molar-refractivity contribution in [2.24, 2.45) is 0 Å². The first kappa shape index (κ1) is 18.2. The molecule has 1 amide bonds. The largest absolute Gasteiger partial charge is 0.341 e. The molecule has 0 fully saturated rings. The molecular weight excluding hydrogens is 324 g/mol. The number of carbonyl (C=O) groups excluding carboxylic acids is 1. The van der Waals surface area contributed by atoms with Gasteiger partial charge >= 0.3 is 0 Å². The summed E-state index contributed by atoms with van der Waals surface area (Å²) in [6, 6.07) is 8.69. The van der Waals surface area contributed by atoms with E-state index in [1.165, 1.54) is 0 Å². The number of anilines is 2. The Kier molecular flexibility index (Phi) is 6.55. The highest BCUT2D eigenvalue weighted by Gasteiger charge is 2.14. The lowest BCUT2D eigenvalue weighted by Crippen LogP contribution is -2.28. The highest BCUT2D eigenvalue weighted by molar-refractivity contribution is 6.30. The van der Waals surface area contributed by atoms with Crippen LogP contribution in [0.25, 0.3) is 0 Å². The summed E-state index contributed by atoms with van der Waals surface area (Å²) in [5, 5.41) is 3.46. The first-order chi connectivity index (χ1) is 11.5. The molecule has 0 unspecified atom stereocenters. The van der Waals surface area contributed by atoms with E-state index in [9.17, 15) is 4.79 Å². The van der Waals surface area contributed by atoms with Crippen molar-refractivity contribution >= 4 is 29.1 Å². The molecule has 0 radical (unpaired) electrons. The molecule has 0 aliphatic heterocycles. The van der Waals surface area contributed by atoms with E-state index in [-0.39, 0.29) is 5.91 Å². The van der Waals surface area contributed by atoms with E-state index in [1.54, 1.807) is 30.3 Å². The maximum Gasteiger partial charge on any atom is 0.274 e. The van der Waals surface area contributed by atoms with Crippen LogP contribution in [-0.4, -0.2) is 29.0 Å². The monoisotopic (exact) mass is 346 g/mol. The summed E-state index contributed by atoms with van der Waals surface area (Å²) in [6.07, 6.45) is 2.01. The smallest absolute Gasteiger partial charge is 0.274 e. The van der Waals surface area contributed by atoms with Crippen molar-refractivity contribution in [3.63, 3.8) is 0 Å². The Bertz CT molecular complexity index is 682. The molecule has 0 saturated carbocycles. The number of benzene rings is 1. The Morgan fingerprint density at radius 2 is 1.75 bits per heavy atom. The van der Waals surface area contributed by atoms with Crippen LogP contribution < -0.4 is 10.2 Å². The number of nitrogens with zero attached hydrogens (tertiary/aromatic N) is 3. The molecule has 128 valence electrons. The normalized spacial score (nSPS) is 10.5. The van der Waals surface area contributed by atoms with Crippen molar-refractivity contribution in [2.75, 3.05) is 23.3 Å². The third-order valence-electron chi connectivity index (χ3n) is 3.45. The van der Waals surface area contributed by atoms with Gasteiger partial charge in [-0.2, -0.15) is 0 Å². The van der Waals surface area contributed by atoms with Gasteiger partial charge in [0.05, 0.1) is 0 Å². The summed E-state index contributed by atoms with van der Waals surface area (Å²) in [5.74, 6) is 0.358. The van der Waals surface area contributed by atoms with E-state index < -0.39 is 0 Å². The van der Waals surface area contributed by atoms with Crippen molar-refractivity contribution in [1.29, 1.82) is 0 Å². The van der Waals surface area contributed by atoms with Crippen LogP contribution in [0.5, 0.6) is 0 Å². The lowest BCUT2D eigenvalue weighted by atomic mass is 10.3. The van der Waals surface area contributed by atoms with Crippen molar-refractivity contribution in [1.82, 2.24) is 9.97 Å². The van der Waals surface area contributed by atoms with Gasteiger partial charge in [-0.1, -0.05) is 25.4 Å². The summed E-state index contributed by atoms with van der Waals surface area (Å²) < 4.78 is 0. The first-order valence-electron chi connectivity index (χ1n) is 8.21. The van der Waals surface area contributed by atoms with Crippen LogP contribution in [0.1, 0.15) is 42.9 Å². The van der Waals surface area contributed by atoms with Gasteiger partial charge in [0.15, 0.2) is 0 Å². The molecule has 1 heterocycles. The van der Waals surface area contributed by atoms with E-state index in [2.05, 4.69) is 34.0 Å². The second kappa shape index (κ2) is 8.64. The van der Waals surface area contributed by atoms with Crippen LogP contribution in [0.15, 0.2) is 30.3 Å². The molecule has 0 saturated heterocycles. The number of nitrogens with one attached hydrogen (secondary N) is 1. The summed E-state index contributed by atoms with van der Waals surface area (Å²) in [5.41, 5.74) is 1.82. The molecule has 5 nitrogen and oxygen atoms in total. The molecule has 24 heavy (non-hydrogen) atoms. The van der Waals surface area contributed by atoms with Gasteiger partial charge in [-0.25, -0.2) is 9.97 Å². The fraction of sp³-hybridized carbons (Fsp3) is 0.389. The fourth-order valence-electron chi connectivity index (χ4n) is 2.39. The predicted octanol–water partition coefficient (Wildman–Crippen LogP) is 4.32. The molecular formula is C18H23ClN4O. The quantitative estimate of drug-likeness (QED) is 0.811. The molecule has 0 aliphatic rings. The van der Waals surface area contributed by atoms with E-state index in [0.717, 1.165) is 31.6 Å². The van der Waals surface area contributed by atoms with Gasteiger partial charge in [0.1, 0.15) is 5.69 Å². The Hall–Kier alpha value is -2.14. The number of hydrogen-bond acceptors (Lipinski definition) is 4. The number of amides is 1. The Balaban J connectivity index is 2.22. The van der Waals surface area contributed by atoms with Crippen molar-refractivity contribution < 1.29 is 4.79 Å². The highest BCUT2D eigenvalue weighted by Crippen LogP contribution is 2.16. The minimum atomic E-state index is -0.253. The topological polar surface area (TPSA) is 58.1 Å². The number of aromatic nitrogens is 2. The van der Waals surface area contributed by atoms with E-state index >= 15 is 0 Å². The minimum Gasteiger partial charge on any atom is -0.341 e. The van der Waals surface area contributed by atoms with Crippen LogP contribution in [-0.2, 0) is 0 Å². The molecule has 0 bridgehead atoms. The Morgan fingerprint density at radius 3 is 2.33 bits per heavy atom. The van der Waals surface area contributed by atoms with Gasteiger partial charge in [-0.05, 0) is 50.1 Å². The van der Waals surface area contributed by atoms with Crippen LogP contribution in [0.2, 0.25) is 5.02 Å². The molecule has 1 aromatic heterocycles. The molecule has 0 aliphatic carbocycles. The number of aryl methyl sites for hydroxylation is 1. The Morgan fingerprint density at radius 1 is 1.12 bits per heavy atom. The van der Waals surface area contributed by atoms with Crippen molar-refractivity contribution in [3.05, 3.63) is 46.7 Å².